The van der Waals surface area contributed by atoms with Crippen LogP contribution in [-0.4, -0.2) is 48.6 Å². The highest BCUT2D eigenvalue weighted by atomic mass is 16.4. The standard InChI is InChI=1S/C16H31N5O/c1-7-12(3)21(6)10-9-18-16(17-8-2)19-11-15-20-13(4)14(5)22-15/h12H,7-11H2,1-6H3,(H2,17,18,19). The van der Waals surface area contributed by atoms with Crippen molar-refractivity contribution in [2.45, 2.75) is 53.6 Å². The molecule has 126 valence electrons. The number of hydrogen-bond donors (Lipinski definition) is 2. The summed E-state index contributed by atoms with van der Waals surface area (Å²) in [6.07, 6.45) is 1.16. The number of aryl methyl sites for hydroxylation is 2. The molecule has 0 saturated carbocycles. The topological polar surface area (TPSA) is 65.7 Å². The SMILES string of the molecule is CCNC(=NCc1nc(C)c(C)o1)NCCN(C)C(C)CC. The third kappa shape index (κ3) is 6.05. The highest BCUT2D eigenvalue weighted by Crippen LogP contribution is 2.08. The molecule has 1 atom stereocenters. The number of oxazole rings is 1. The van der Waals surface area contributed by atoms with Gasteiger partial charge in [-0.2, -0.15) is 0 Å². The normalized spacial score (nSPS) is 13.5. The van der Waals surface area contributed by atoms with E-state index >= 15 is 0 Å². The van der Waals surface area contributed by atoms with E-state index in [2.05, 4.69) is 53.3 Å². The van der Waals surface area contributed by atoms with Crippen molar-refractivity contribution in [2.24, 2.45) is 4.99 Å². The van der Waals surface area contributed by atoms with Gasteiger partial charge >= 0.3 is 0 Å². The third-order valence-corrected chi connectivity index (χ3v) is 3.89. The van der Waals surface area contributed by atoms with Gasteiger partial charge in [-0.15, -0.1) is 0 Å². The summed E-state index contributed by atoms with van der Waals surface area (Å²) in [5.74, 6) is 2.32. The molecule has 0 saturated heterocycles. The lowest BCUT2D eigenvalue weighted by atomic mass is 10.2. The second kappa shape index (κ2) is 9.46. The third-order valence-electron chi connectivity index (χ3n) is 3.89. The lowest BCUT2D eigenvalue weighted by Crippen LogP contribution is -2.42. The fourth-order valence-electron chi connectivity index (χ4n) is 1.98. The highest BCUT2D eigenvalue weighted by Gasteiger charge is 2.07. The highest BCUT2D eigenvalue weighted by molar-refractivity contribution is 5.79. The van der Waals surface area contributed by atoms with Crippen molar-refractivity contribution in [1.29, 1.82) is 0 Å². The molecule has 0 aromatic carbocycles. The Hall–Kier alpha value is -1.56. The van der Waals surface area contributed by atoms with Crippen LogP contribution >= 0.6 is 0 Å². The van der Waals surface area contributed by atoms with E-state index in [9.17, 15) is 0 Å². The number of rotatable bonds is 8. The van der Waals surface area contributed by atoms with Crippen molar-refractivity contribution < 1.29 is 4.42 Å². The minimum Gasteiger partial charge on any atom is -0.444 e. The summed E-state index contributed by atoms with van der Waals surface area (Å²) in [5, 5.41) is 6.59. The molecule has 1 unspecified atom stereocenters. The monoisotopic (exact) mass is 309 g/mol. The summed E-state index contributed by atoms with van der Waals surface area (Å²) in [4.78, 5) is 11.2. The zero-order valence-electron chi connectivity index (χ0n) is 14.9. The molecular weight excluding hydrogens is 278 g/mol. The zero-order chi connectivity index (χ0) is 16.5. The first-order valence-corrected chi connectivity index (χ1v) is 8.13. The Balaban J connectivity index is 2.48. The van der Waals surface area contributed by atoms with Crippen LogP contribution in [0, 0.1) is 13.8 Å². The molecule has 1 aromatic rings. The van der Waals surface area contributed by atoms with Crippen LogP contribution in [0.2, 0.25) is 0 Å². The predicted molar refractivity (Wildman–Crippen MR) is 91.2 cm³/mol. The van der Waals surface area contributed by atoms with Crippen molar-refractivity contribution in [3.05, 3.63) is 17.3 Å². The van der Waals surface area contributed by atoms with Gasteiger partial charge in [0.2, 0.25) is 5.89 Å². The van der Waals surface area contributed by atoms with Crippen LogP contribution in [0.15, 0.2) is 9.41 Å². The second-order valence-electron chi connectivity index (χ2n) is 5.61. The number of likely N-dealkylation sites (N-methyl/N-ethyl adjacent to an activating group) is 1. The Morgan fingerprint density at radius 2 is 2.05 bits per heavy atom. The lowest BCUT2D eigenvalue weighted by molar-refractivity contribution is 0.255. The fraction of sp³-hybridized carbons (Fsp3) is 0.750. The van der Waals surface area contributed by atoms with Gasteiger partial charge in [0.1, 0.15) is 12.3 Å². The minimum atomic E-state index is 0.450. The average Bonchev–Trinajstić information content (AvgIpc) is 2.82. The summed E-state index contributed by atoms with van der Waals surface area (Å²) >= 11 is 0. The fourth-order valence-corrected chi connectivity index (χ4v) is 1.98. The number of aliphatic imine (C=N–C) groups is 1. The molecular formula is C16H31N5O. The van der Waals surface area contributed by atoms with Gasteiger partial charge in [-0.1, -0.05) is 6.92 Å². The summed E-state index contributed by atoms with van der Waals surface area (Å²) in [6.45, 7) is 13.5. The van der Waals surface area contributed by atoms with E-state index in [1.807, 2.05) is 13.8 Å². The summed E-state index contributed by atoms with van der Waals surface area (Å²) in [7, 11) is 2.15. The van der Waals surface area contributed by atoms with Crippen molar-refractivity contribution in [3.8, 4) is 0 Å². The van der Waals surface area contributed by atoms with Crippen LogP contribution in [0.25, 0.3) is 0 Å². The molecule has 0 radical (unpaired) electrons. The van der Waals surface area contributed by atoms with E-state index in [1.165, 1.54) is 0 Å². The van der Waals surface area contributed by atoms with Crippen LogP contribution in [0.5, 0.6) is 0 Å². The summed E-state index contributed by atoms with van der Waals surface area (Å²) in [5.41, 5.74) is 0.929. The van der Waals surface area contributed by atoms with Gasteiger partial charge < -0.3 is 20.0 Å². The Morgan fingerprint density at radius 1 is 1.32 bits per heavy atom. The molecule has 1 heterocycles. The van der Waals surface area contributed by atoms with Gasteiger partial charge in [0.15, 0.2) is 5.96 Å². The van der Waals surface area contributed by atoms with E-state index in [-0.39, 0.29) is 0 Å². The average molecular weight is 309 g/mol. The Bertz CT molecular complexity index is 450. The molecule has 1 rings (SSSR count). The smallest absolute Gasteiger partial charge is 0.216 e. The Kier molecular flexibility index (Phi) is 7.95. The molecule has 0 aliphatic rings. The number of nitrogens with one attached hydrogen (secondary N) is 2. The number of aromatic nitrogens is 1. The second-order valence-corrected chi connectivity index (χ2v) is 5.61. The van der Waals surface area contributed by atoms with Gasteiger partial charge in [-0.3, -0.25) is 0 Å². The predicted octanol–water partition coefficient (Wildman–Crippen LogP) is 2.08. The van der Waals surface area contributed by atoms with E-state index in [0.717, 1.165) is 43.5 Å². The first-order valence-electron chi connectivity index (χ1n) is 8.13. The molecule has 1 aromatic heterocycles. The molecule has 6 nitrogen and oxygen atoms in total. The Morgan fingerprint density at radius 3 is 2.59 bits per heavy atom. The van der Waals surface area contributed by atoms with Gasteiger partial charge in [-0.25, -0.2) is 9.98 Å². The molecule has 22 heavy (non-hydrogen) atoms. The molecule has 0 fully saturated rings. The summed E-state index contributed by atoms with van der Waals surface area (Å²) in [6, 6.07) is 0.597. The molecule has 0 amide bonds. The van der Waals surface area contributed by atoms with Crippen molar-refractivity contribution in [1.82, 2.24) is 20.5 Å². The van der Waals surface area contributed by atoms with Crippen LogP contribution in [-0.2, 0) is 6.54 Å². The van der Waals surface area contributed by atoms with Gasteiger partial charge in [-0.05, 0) is 41.2 Å². The van der Waals surface area contributed by atoms with Gasteiger partial charge in [0.25, 0.3) is 0 Å². The molecule has 0 aliphatic carbocycles. The van der Waals surface area contributed by atoms with Crippen LogP contribution < -0.4 is 10.6 Å². The van der Waals surface area contributed by atoms with Crippen LogP contribution in [0.1, 0.15) is 44.5 Å². The first-order chi connectivity index (χ1) is 10.5. The van der Waals surface area contributed by atoms with Gasteiger partial charge in [0, 0.05) is 25.7 Å². The maximum atomic E-state index is 5.55. The Labute approximate surface area is 134 Å². The zero-order valence-corrected chi connectivity index (χ0v) is 14.9. The molecule has 0 bridgehead atoms. The largest absolute Gasteiger partial charge is 0.444 e. The number of guanidine groups is 1. The maximum Gasteiger partial charge on any atom is 0.216 e. The van der Waals surface area contributed by atoms with Crippen LogP contribution in [0.3, 0.4) is 0 Å². The van der Waals surface area contributed by atoms with Crippen LogP contribution in [0.4, 0.5) is 0 Å². The van der Waals surface area contributed by atoms with E-state index < -0.39 is 0 Å². The minimum absolute atomic E-state index is 0.450. The van der Waals surface area contributed by atoms with Crippen molar-refractivity contribution in [3.63, 3.8) is 0 Å². The maximum absolute atomic E-state index is 5.55. The number of hydrogen-bond acceptors (Lipinski definition) is 4. The quantitative estimate of drug-likeness (QED) is 0.568. The summed E-state index contributed by atoms with van der Waals surface area (Å²) < 4.78 is 5.55. The number of nitrogens with zero attached hydrogens (tertiary/aromatic N) is 3. The molecule has 0 spiro atoms. The lowest BCUT2D eigenvalue weighted by Gasteiger charge is -2.23. The molecule has 2 N–H and O–H groups in total. The van der Waals surface area contributed by atoms with E-state index in [0.29, 0.717) is 18.5 Å². The van der Waals surface area contributed by atoms with Crippen molar-refractivity contribution in [2.75, 3.05) is 26.7 Å². The van der Waals surface area contributed by atoms with E-state index in [1.54, 1.807) is 0 Å². The first kappa shape index (κ1) is 18.5. The van der Waals surface area contributed by atoms with Crippen molar-refractivity contribution >= 4 is 5.96 Å². The molecule has 0 aliphatic heterocycles. The van der Waals surface area contributed by atoms with Gasteiger partial charge in [0.05, 0.1) is 5.69 Å². The van der Waals surface area contributed by atoms with E-state index in [4.69, 9.17) is 4.42 Å². The molecule has 6 heteroatoms.